The summed E-state index contributed by atoms with van der Waals surface area (Å²) < 4.78 is 30.5. The molecule has 0 saturated carbocycles. The average Bonchev–Trinajstić information content (AvgIpc) is 2.35. The lowest BCUT2D eigenvalue weighted by Crippen LogP contribution is -2.41. The maximum atomic E-state index is 13.0. The Morgan fingerprint density at radius 3 is 2.45 bits per heavy atom. The lowest BCUT2D eigenvalue weighted by Gasteiger charge is -2.14. The second-order valence-corrected chi connectivity index (χ2v) is 4.12. The Hall–Kier alpha value is -2.24. The van der Waals surface area contributed by atoms with Crippen molar-refractivity contribution in [2.75, 3.05) is 7.11 Å². The van der Waals surface area contributed by atoms with Gasteiger partial charge in [-0.3, -0.25) is 4.79 Å². The predicted octanol–water partition coefficient (Wildman–Crippen LogP) is 1.74. The molecule has 0 fully saturated rings. The van der Waals surface area contributed by atoms with Crippen LogP contribution in [0.1, 0.15) is 12.0 Å². The van der Waals surface area contributed by atoms with Gasteiger partial charge in [0.15, 0.2) is 0 Å². The molecule has 1 N–H and O–H groups in total. The fourth-order valence-electron chi connectivity index (χ4n) is 1.67. The third-order valence-corrected chi connectivity index (χ3v) is 2.51. The number of nitrogens with one attached hydrogen (secondary N) is 1. The predicted molar refractivity (Wildman–Crippen MR) is 68.8 cm³/mol. The summed E-state index contributed by atoms with van der Waals surface area (Å²) in [6, 6.07) is 1.98. The zero-order valence-corrected chi connectivity index (χ0v) is 11.0. The van der Waals surface area contributed by atoms with Gasteiger partial charge in [0.1, 0.15) is 17.7 Å². The van der Waals surface area contributed by atoms with E-state index in [1.54, 1.807) is 0 Å². The van der Waals surface area contributed by atoms with Gasteiger partial charge in [-0.15, -0.1) is 6.58 Å². The monoisotopic (exact) mass is 283 g/mol. The fraction of sp³-hybridized carbons (Fsp3) is 0.286. The summed E-state index contributed by atoms with van der Waals surface area (Å²) in [4.78, 5) is 23.1. The molecule has 0 radical (unpaired) electrons. The van der Waals surface area contributed by atoms with Crippen LogP contribution in [0.25, 0.3) is 0 Å². The summed E-state index contributed by atoms with van der Waals surface area (Å²) in [5, 5.41) is 2.43. The quantitative estimate of drug-likeness (QED) is 0.639. The summed E-state index contributed by atoms with van der Waals surface area (Å²) in [5.74, 6) is -2.66. The second-order valence-electron chi connectivity index (χ2n) is 4.12. The zero-order chi connectivity index (χ0) is 15.1. The van der Waals surface area contributed by atoms with E-state index in [9.17, 15) is 18.4 Å². The summed E-state index contributed by atoms with van der Waals surface area (Å²) in [6.07, 6.45) is 1.43. The molecule has 0 aliphatic rings. The molecule has 0 aliphatic heterocycles. The molecule has 1 aromatic rings. The van der Waals surface area contributed by atoms with Crippen LogP contribution in [0.2, 0.25) is 0 Å². The molecule has 0 aliphatic carbocycles. The molecule has 1 rings (SSSR count). The Morgan fingerprint density at radius 1 is 1.35 bits per heavy atom. The van der Waals surface area contributed by atoms with Gasteiger partial charge in [-0.1, -0.05) is 6.08 Å². The Balaban J connectivity index is 2.69. The van der Waals surface area contributed by atoms with Crippen LogP contribution in [-0.2, 0) is 20.7 Å². The van der Waals surface area contributed by atoms with Gasteiger partial charge in [0, 0.05) is 6.07 Å². The van der Waals surface area contributed by atoms with Gasteiger partial charge in [0.25, 0.3) is 0 Å². The number of hydrogen-bond acceptors (Lipinski definition) is 3. The van der Waals surface area contributed by atoms with Crippen molar-refractivity contribution in [3.8, 4) is 0 Å². The van der Waals surface area contributed by atoms with E-state index >= 15 is 0 Å². The Bertz CT molecular complexity index is 497. The highest BCUT2D eigenvalue weighted by molar-refractivity contribution is 5.85. The number of rotatable bonds is 6. The molecule has 1 amide bonds. The molecule has 0 bridgehead atoms. The molecule has 0 saturated heterocycles. The van der Waals surface area contributed by atoms with Gasteiger partial charge in [-0.05, 0) is 24.1 Å². The van der Waals surface area contributed by atoms with Crippen LogP contribution >= 0.6 is 0 Å². The Morgan fingerprint density at radius 2 is 1.95 bits per heavy atom. The van der Waals surface area contributed by atoms with Crippen molar-refractivity contribution < 1.29 is 23.1 Å². The minimum Gasteiger partial charge on any atom is -0.467 e. The van der Waals surface area contributed by atoms with E-state index in [0.717, 1.165) is 18.2 Å². The number of benzene rings is 1. The van der Waals surface area contributed by atoms with Crippen LogP contribution in [0.15, 0.2) is 30.9 Å². The maximum absolute atomic E-state index is 13.0. The molecule has 6 heteroatoms. The number of halogens is 2. The number of hydrogen-bond donors (Lipinski definition) is 1. The van der Waals surface area contributed by atoms with Crippen molar-refractivity contribution in [1.29, 1.82) is 0 Å². The molecule has 0 heterocycles. The summed E-state index contributed by atoms with van der Waals surface area (Å²) in [5.41, 5.74) is 0.183. The van der Waals surface area contributed by atoms with Crippen LogP contribution in [0.5, 0.6) is 0 Å². The van der Waals surface area contributed by atoms with E-state index in [-0.39, 0.29) is 18.4 Å². The SMILES string of the molecule is C=CC[C@H](NC(=O)Cc1cc(F)cc(F)c1)C(=O)OC. The van der Waals surface area contributed by atoms with E-state index in [4.69, 9.17) is 0 Å². The van der Waals surface area contributed by atoms with Crippen molar-refractivity contribution in [3.05, 3.63) is 48.1 Å². The molecule has 4 nitrogen and oxygen atoms in total. The zero-order valence-electron chi connectivity index (χ0n) is 11.0. The topological polar surface area (TPSA) is 55.4 Å². The molecule has 0 spiro atoms. The lowest BCUT2D eigenvalue weighted by atomic mass is 10.1. The molecule has 108 valence electrons. The third kappa shape index (κ3) is 4.79. The van der Waals surface area contributed by atoms with Crippen molar-refractivity contribution >= 4 is 11.9 Å². The first-order chi connectivity index (χ1) is 9.46. The number of ether oxygens (including phenoxy) is 1. The average molecular weight is 283 g/mol. The van der Waals surface area contributed by atoms with E-state index in [0.29, 0.717) is 0 Å². The molecular formula is C14H15F2NO3. The van der Waals surface area contributed by atoms with Gasteiger partial charge in [-0.2, -0.15) is 0 Å². The molecule has 20 heavy (non-hydrogen) atoms. The first kappa shape index (κ1) is 15.8. The molecular weight excluding hydrogens is 268 g/mol. The first-order valence-corrected chi connectivity index (χ1v) is 5.89. The molecule has 1 aromatic carbocycles. The molecule has 1 atom stereocenters. The van der Waals surface area contributed by atoms with Crippen LogP contribution in [0.4, 0.5) is 8.78 Å². The standard InChI is InChI=1S/C14H15F2NO3/c1-3-4-12(14(19)20-2)17-13(18)7-9-5-10(15)8-11(16)6-9/h3,5-6,8,12H,1,4,7H2,2H3,(H,17,18)/t12-/m0/s1. The molecule has 0 aromatic heterocycles. The van der Waals surface area contributed by atoms with E-state index < -0.39 is 29.6 Å². The van der Waals surface area contributed by atoms with Crippen LogP contribution in [0.3, 0.4) is 0 Å². The van der Waals surface area contributed by atoms with E-state index in [1.807, 2.05) is 0 Å². The number of carbonyl (C=O) groups excluding carboxylic acids is 2. The number of methoxy groups -OCH3 is 1. The second kappa shape index (κ2) is 7.37. The van der Waals surface area contributed by atoms with Gasteiger partial charge < -0.3 is 10.1 Å². The van der Waals surface area contributed by atoms with Crippen LogP contribution in [0, 0.1) is 11.6 Å². The van der Waals surface area contributed by atoms with Gasteiger partial charge in [0.2, 0.25) is 5.91 Å². The van der Waals surface area contributed by atoms with Gasteiger partial charge >= 0.3 is 5.97 Å². The summed E-state index contributed by atoms with van der Waals surface area (Å²) in [7, 11) is 1.20. The highest BCUT2D eigenvalue weighted by atomic mass is 19.1. The van der Waals surface area contributed by atoms with Gasteiger partial charge in [0.05, 0.1) is 13.5 Å². The maximum Gasteiger partial charge on any atom is 0.328 e. The normalized spacial score (nSPS) is 11.6. The van der Waals surface area contributed by atoms with Crippen molar-refractivity contribution in [2.24, 2.45) is 0 Å². The largest absolute Gasteiger partial charge is 0.467 e. The number of carbonyl (C=O) groups is 2. The van der Waals surface area contributed by atoms with Crippen molar-refractivity contribution in [2.45, 2.75) is 18.9 Å². The number of amides is 1. The third-order valence-electron chi connectivity index (χ3n) is 2.51. The van der Waals surface area contributed by atoms with Crippen molar-refractivity contribution in [1.82, 2.24) is 5.32 Å². The minimum absolute atomic E-state index is 0.183. The minimum atomic E-state index is -0.858. The lowest BCUT2D eigenvalue weighted by molar-refractivity contribution is -0.144. The van der Waals surface area contributed by atoms with Crippen molar-refractivity contribution in [3.63, 3.8) is 0 Å². The van der Waals surface area contributed by atoms with Crippen LogP contribution < -0.4 is 5.32 Å². The Labute approximate surface area is 115 Å². The Kier molecular flexibility index (Phi) is 5.83. The van der Waals surface area contributed by atoms with Gasteiger partial charge in [-0.25, -0.2) is 13.6 Å². The first-order valence-electron chi connectivity index (χ1n) is 5.89. The smallest absolute Gasteiger partial charge is 0.328 e. The fourth-order valence-corrected chi connectivity index (χ4v) is 1.67. The summed E-state index contributed by atoms with van der Waals surface area (Å²) in [6.45, 7) is 3.47. The number of esters is 1. The highest BCUT2D eigenvalue weighted by Crippen LogP contribution is 2.09. The van der Waals surface area contributed by atoms with Crippen LogP contribution in [-0.4, -0.2) is 25.0 Å². The molecule has 0 unspecified atom stereocenters. The highest BCUT2D eigenvalue weighted by Gasteiger charge is 2.20. The summed E-state index contributed by atoms with van der Waals surface area (Å²) >= 11 is 0. The van der Waals surface area contributed by atoms with E-state index in [1.165, 1.54) is 13.2 Å². The van der Waals surface area contributed by atoms with E-state index in [2.05, 4.69) is 16.6 Å².